The van der Waals surface area contributed by atoms with E-state index in [0.29, 0.717) is 12.8 Å². The van der Waals surface area contributed by atoms with E-state index >= 15 is 0 Å². The molecule has 0 spiro atoms. The number of carbonyl (C=O) groups excluding carboxylic acids is 3. The predicted octanol–water partition coefficient (Wildman–Crippen LogP) is 6.08. The van der Waals surface area contributed by atoms with Crippen LogP contribution >= 0.6 is 0 Å². The molecule has 0 aliphatic carbocycles. The van der Waals surface area contributed by atoms with E-state index in [4.69, 9.17) is 9.47 Å². The summed E-state index contributed by atoms with van der Waals surface area (Å²) in [5.74, 6) is -3.25. The molecule has 2 amide bonds. The minimum atomic E-state index is -1.13. The number of pyridine rings is 1. The SMILES string of the molecule is Cc1cccc(-c2ccc(CCC[C@@H](C(=O)N[C@H](C(=O)N[C@H](C)c3ccncc3)C(C)(C)C)[C@@H]3OC(C)(C)OC3=O)cc2)c1. The van der Waals surface area contributed by atoms with Crippen LogP contribution in [0.5, 0.6) is 0 Å². The van der Waals surface area contributed by atoms with Gasteiger partial charge in [-0.05, 0) is 72.9 Å². The van der Waals surface area contributed by atoms with Crippen LogP contribution in [0.15, 0.2) is 73.1 Å². The van der Waals surface area contributed by atoms with Crippen molar-refractivity contribution in [2.75, 3.05) is 0 Å². The van der Waals surface area contributed by atoms with Gasteiger partial charge in [0.1, 0.15) is 6.04 Å². The summed E-state index contributed by atoms with van der Waals surface area (Å²) in [6.07, 6.45) is 4.02. The van der Waals surface area contributed by atoms with Gasteiger partial charge in [-0.1, -0.05) is 74.9 Å². The summed E-state index contributed by atoms with van der Waals surface area (Å²) in [6.45, 7) is 13.0. The number of carbonyl (C=O) groups is 3. The molecule has 8 heteroatoms. The van der Waals surface area contributed by atoms with Crippen LogP contribution in [0.3, 0.4) is 0 Å². The number of nitrogens with one attached hydrogen (secondary N) is 2. The smallest absolute Gasteiger partial charge is 0.338 e. The van der Waals surface area contributed by atoms with Crippen molar-refractivity contribution in [3.8, 4) is 11.1 Å². The fraction of sp³-hybridized carbons (Fsp3) is 0.444. The largest absolute Gasteiger partial charge is 0.432 e. The van der Waals surface area contributed by atoms with E-state index < -0.39 is 41.1 Å². The topological polar surface area (TPSA) is 107 Å². The molecule has 4 rings (SSSR count). The number of amides is 2. The van der Waals surface area contributed by atoms with E-state index in [1.165, 1.54) is 11.1 Å². The minimum absolute atomic E-state index is 0.283. The van der Waals surface area contributed by atoms with Crippen LogP contribution in [0, 0.1) is 18.3 Å². The zero-order valence-electron chi connectivity index (χ0n) is 26.8. The lowest BCUT2D eigenvalue weighted by Gasteiger charge is -2.33. The molecule has 1 aromatic heterocycles. The summed E-state index contributed by atoms with van der Waals surface area (Å²) < 4.78 is 11.3. The highest BCUT2D eigenvalue weighted by Gasteiger charge is 2.48. The Balaban J connectivity index is 1.47. The molecule has 44 heavy (non-hydrogen) atoms. The van der Waals surface area contributed by atoms with Gasteiger partial charge < -0.3 is 20.1 Å². The molecular weight excluding hydrogens is 554 g/mol. The molecule has 1 aliphatic heterocycles. The summed E-state index contributed by atoms with van der Waals surface area (Å²) in [6, 6.07) is 19.3. The maximum Gasteiger partial charge on any atom is 0.338 e. The highest BCUT2D eigenvalue weighted by atomic mass is 16.8. The maximum absolute atomic E-state index is 13.9. The van der Waals surface area contributed by atoms with Crippen LogP contribution < -0.4 is 10.6 Å². The second-order valence-electron chi connectivity index (χ2n) is 13.2. The van der Waals surface area contributed by atoms with Crippen molar-refractivity contribution in [2.45, 2.75) is 91.7 Å². The maximum atomic E-state index is 13.9. The highest BCUT2D eigenvalue weighted by molar-refractivity contribution is 5.92. The normalized spacial score (nSPS) is 18.2. The molecule has 8 nitrogen and oxygen atoms in total. The average molecular weight is 600 g/mol. The Morgan fingerprint density at radius 3 is 2.23 bits per heavy atom. The molecule has 1 aliphatic rings. The molecule has 0 bridgehead atoms. The van der Waals surface area contributed by atoms with Gasteiger partial charge in [0.05, 0.1) is 12.0 Å². The van der Waals surface area contributed by atoms with Gasteiger partial charge in [-0.15, -0.1) is 0 Å². The first-order valence-corrected chi connectivity index (χ1v) is 15.3. The lowest BCUT2D eigenvalue weighted by molar-refractivity contribution is -0.162. The number of aromatic nitrogens is 1. The van der Waals surface area contributed by atoms with Gasteiger partial charge in [0.2, 0.25) is 17.6 Å². The van der Waals surface area contributed by atoms with Crippen LogP contribution in [-0.4, -0.2) is 40.7 Å². The number of rotatable bonds is 11. The Morgan fingerprint density at radius 2 is 1.64 bits per heavy atom. The van der Waals surface area contributed by atoms with Gasteiger partial charge in [-0.3, -0.25) is 14.6 Å². The number of nitrogens with zero attached hydrogens (tertiary/aromatic N) is 1. The molecule has 3 aromatic rings. The first-order chi connectivity index (χ1) is 20.7. The van der Waals surface area contributed by atoms with Crippen LogP contribution in [0.2, 0.25) is 0 Å². The van der Waals surface area contributed by atoms with Gasteiger partial charge in [0.15, 0.2) is 6.10 Å². The highest BCUT2D eigenvalue weighted by Crippen LogP contribution is 2.32. The summed E-state index contributed by atoms with van der Waals surface area (Å²) >= 11 is 0. The van der Waals surface area contributed by atoms with Crippen molar-refractivity contribution in [2.24, 2.45) is 11.3 Å². The number of hydrogen-bond donors (Lipinski definition) is 2. The third-order valence-corrected chi connectivity index (χ3v) is 7.96. The van der Waals surface area contributed by atoms with Crippen LogP contribution in [0.1, 0.15) is 77.1 Å². The quantitative estimate of drug-likeness (QED) is 0.259. The fourth-order valence-electron chi connectivity index (χ4n) is 5.52. The van der Waals surface area contributed by atoms with E-state index in [1.807, 2.05) is 39.8 Å². The summed E-state index contributed by atoms with van der Waals surface area (Å²) in [5, 5.41) is 5.98. The van der Waals surface area contributed by atoms with Crippen LogP contribution in [0.4, 0.5) is 0 Å². The summed E-state index contributed by atoms with van der Waals surface area (Å²) in [5.41, 5.74) is 4.96. The first-order valence-electron chi connectivity index (χ1n) is 15.3. The van der Waals surface area contributed by atoms with Crippen LogP contribution in [-0.2, 0) is 30.3 Å². The zero-order chi connectivity index (χ0) is 32.1. The summed E-state index contributed by atoms with van der Waals surface area (Å²) in [7, 11) is 0. The molecular formula is C36H45N3O5. The Kier molecular flexibility index (Phi) is 10.3. The van der Waals surface area contributed by atoms with E-state index in [-0.39, 0.29) is 11.9 Å². The van der Waals surface area contributed by atoms with Crippen molar-refractivity contribution in [3.63, 3.8) is 0 Å². The Bertz CT molecular complexity index is 1450. The number of aryl methyl sites for hydroxylation is 2. The number of esters is 1. The molecule has 2 heterocycles. The lowest BCUT2D eigenvalue weighted by atomic mass is 9.84. The molecule has 4 atom stereocenters. The molecule has 234 valence electrons. The third kappa shape index (κ3) is 8.53. The van der Waals surface area contributed by atoms with Crippen molar-refractivity contribution in [1.82, 2.24) is 15.6 Å². The second-order valence-corrected chi connectivity index (χ2v) is 13.2. The number of ether oxygens (including phenoxy) is 2. The Labute approximate surface area is 261 Å². The molecule has 0 unspecified atom stereocenters. The molecule has 1 fully saturated rings. The van der Waals surface area contributed by atoms with Crippen molar-refractivity contribution in [1.29, 1.82) is 0 Å². The van der Waals surface area contributed by atoms with Gasteiger partial charge in [0, 0.05) is 26.2 Å². The lowest BCUT2D eigenvalue weighted by Crippen LogP contribution is -2.56. The fourth-order valence-corrected chi connectivity index (χ4v) is 5.52. The number of hydrogen-bond acceptors (Lipinski definition) is 6. The van der Waals surface area contributed by atoms with Crippen molar-refractivity contribution >= 4 is 17.8 Å². The Morgan fingerprint density at radius 1 is 0.955 bits per heavy atom. The predicted molar refractivity (Wildman–Crippen MR) is 170 cm³/mol. The average Bonchev–Trinajstić information content (AvgIpc) is 3.25. The number of benzene rings is 2. The zero-order valence-corrected chi connectivity index (χ0v) is 26.8. The molecule has 1 saturated heterocycles. The van der Waals surface area contributed by atoms with Gasteiger partial charge in [-0.25, -0.2) is 4.79 Å². The third-order valence-electron chi connectivity index (χ3n) is 7.96. The standard InChI is InChI=1S/C36H45N3O5/c1-23-10-8-12-28(22-23)27-16-14-25(15-17-27)11-9-13-29(30-34(42)44-36(6,7)43-30)32(40)39-31(35(3,4)5)33(41)38-24(2)26-18-20-37-21-19-26/h8,10,12,14-22,24,29-31H,9,11,13H2,1-7H3,(H,38,41)(H,39,40)/t24-,29-,30+,31-/m1/s1. The molecule has 0 radical (unpaired) electrons. The second kappa shape index (κ2) is 13.7. The van der Waals surface area contributed by atoms with Crippen LogP contribution in [0.25, 0.3) is 11.1 Å². The molecule has 2 N–H and O–H groups in total. The van der Waals surface area contributed by atoms with Gasteiger partial charge in [-0.2, -0.15) is 0 Å². The van der Waals surface area contributed by atoms with E-state index in [1.54, 1.807) is 26.2 Å². The van der Waals surface area contributed by atoms with Gasteiger partial charge >= 0.3 is 5.97 Å². The minimum Gasteiger partial charge on any atom is -0.432 e. The monoisotopic (exact) mass is 599 g/mol. The van der Waals surface area contributed by atoms with E-state index in [9.17, 15) is 14.4 Å². The Hall–Kier alpha value is -4.04. The molecule has 0 saturated carbocycles. The number of cyclic esters (lactones) is 1. The molecule has 2 aromatic carbocycles. The van der Waals surface area contributed by atoms with Crippen molar-refractivity contribution in [3.05, 3.63) is 89.7 Å². The van der Waals surface area contributed by atoms with Crippen molar-refractivity contribution < 1.29 is 23.9 Å². The first kappa shape index (κ1) is 32.9. The van der Waals surface area contributed by atoms with Gasteiger partial charge in [0.25, 0.3) is 0 Å². The van der Waals surface area contributed by atoms with E-state index in [2.05, 4.69) is 71.1 Å². The summed E-state index contributed by atoms with van der Waals surface area (Å²) in [4.78, 5) is 44.3. The van der Waals surface area contributed by atoms with E-state index in [0.717, 1.165) is 23.1 Å².